The molecule has 0 amide bonds. The summed E-state index contributed by atoms with van der Waals surface area (Å²) in [5.41, 5.74) is 0. The maximum atomic E-state index is 2.26. The Labute approximate surface area is 135 Å². The fourth-order valence-corrected chi connectivity index (χ4v) is 0.854. The molecule has 0 atom stereocenters. The molecule has 0 nitrogen and oxygen atoms in total. The van der Waals surface area contributed by atoms with Crippen LogP contribution in [0.25, 0.3) is 0 Å². The standard InChI is InChI=1S/C8H18.C4H10.4C2H6/c1-3-5-7-8-6-4-2;1-3-4-2;4*1-2/h3-8H2,1-2H3;3-4H2,1-2H3;4*1-2H3. The number of hydrogen-bond acceptors (Lipinski definition) is 0. The van der Waals surface area contributed by atoms with E-state index in [4.69, 9.17) is 0 Å². The molecule has 20 heavy (non-hydrogen) atoms. The molecule has 0 aliphatic rings. The van der Waals surface area contributed by atoms with Crippen molar-refractivity contribution in [1.82, 2.24) is 0 Å². The van der Waals surface area contributed by atoms with Crippen molar-refractivity contribution in [2.24, 2.45) is 0 Å². The number of unbranched alkanes of at least 4 members (excludes halogenated alkanes) is 6. The molecule has 0 unspecified atom stereocenters. The molecular weight excluding hydrogens is 240 g/mol. The van der Waals surface area contributed by atoms with Crippen molar-refractivity contribution in [1.29, 1.82) is 0 Å². The van der Waals surface area contributed by atoms with Crippen molar-refractivity contribution in [2.75, 3.05) is 0 Å². The monoisotopic (exact) mass is 292 g/mol. The molecule has 0 fully saturated rings. The van der Waals surface area contributed by atoms with Gasteiger partial charge >= 0.3 is 0 Å². The van der Waals surface area contributed by atoms with Crippen molar-refractivity contribution < 1.29 is 0 Å². The van der Waals surface area contributed by atoms with Crippen LogP contribution in [0.15, 0.2) is 0 Å². The summed E-state index contributed by atoms with van der Waals surface area (Å²) in [6.45, 7) is 24.9. The SMILES string of the molecule is CC.CC.CC.CC.CCCC.CCCCCCCC. The van der Waals surface area contributed by atoms with E-state index in [-0.39, 0.29) is 0 Å². The third-order valence-corrected chi connectivity index (χ3v) is 1.96. The van der Waals surface area contributed by atoms with Crippen LogP contribution >= 0.6 is 0 Å². The van der Waals surface area contributed by atoms with Gasteiger partial charge in [-0.05, 0) is 0 Å². The summed E-state index contributed by atoms with van der Waals surface area (Å²) < 4.78 is 0. The zero-order valence-corrected chi connectivity index (χ0v) is 17.7. The highest BCUT2D eigenvalue weighted by molar-refractivity contribution is 4.39. The third kappa shape index (κ3) is 144. The molecule has 0 aromatic heterocycles. The Kier molecular flexibility index (Phi) is 177. The van der Waals surface area contributed by atoms with Crippen molar-refractivity contribution in [3.63, 3.8) is 0 Å². The molecule has 0 rings (SSSR count). The summed E-state index contributed by atoms with van der Waals surface area (Å²) in [6, 6.07) is 0. The number of rotatable bonds is 6. The van der Waals surface area contributed by atoms with Crippen molar-refractivity contribution >= 4 is 0 Å². The molecule has 0 heterocycles. The first kappa shape index (κ1) is 36.8. The van der Waals surface area contributed by atoms with Gasteiger partial charge in [0.1, 0.15) is 0 Å². The van der Waals surface area contributed by atoms with Gasteiger partial charge in [0.05, 0.1) is 0 Å². The number of hydrogen-bond donors (Lipinski definition) is 0. The summed E-state index contributed by atoms with van der Waals surface area (Å²) in [5, 5.41) is 0. The molecule has 0 aromatic rings. The van der Waals surface area contributed by atoms with Gasteiger partial charge in [-0.2, -0.15) is 0 Å². The van der Waals surface area contributed by atoms with Crippen molar-refractivity contribution in [3.05, 3.63) is 0 Å². The first-order chi connectivity index (χ1) is 9.83. The van der Waals surface area contributed by atoms with Crippen LogP contribution in [0.3, 0.4) is 0 Å². The van der Waals surface area contributed by atoms with E-state index in [1.54, 1.807) is 0 Å². The molecule has 0 saturated heterocycles. The zero-order valence-electron chi connectivity index (χ0n) is 17.7. The molecule has 0 aromatic carbocycles. The molecule has 0 bridgehead atoms. The van der Waals surface area contributed by atoms with Gasteiger partial charge in [0.15, 0.2) is 0 Å². The lowest BCUT2D eigenvalue weighted by atomic mass is 10.1. The Morgan fingerprint density at radius 3 is 0.600 bits per heavy atom. The largest absolute Gasteiger partial charge is 0.0683 e. The van der Waals surface area contributed by atoms with E-state index in [0.29, 0.717) is 0 Å². The summed E-state index contributed by atoms with van der Waals surface area (Å²) in [4.78, 5) is 0. The van der Waals surface area contributed by atoms with Gasteiger partial charge in [0.25, 0.3) is 0 Å². The predicted octanol–water partition coefficient (Wildman–Crippen LogP) is 9.28. The van der Waals surface area contributed by atoms with E-state index in [0.717, 1.165) is 0 Å². The van der Waals surface area contributed by atoms with Crippen LogP contribution < -0.4 is 0 Å². The molecular formula is C20H52. The lowest BCUT2D eigenvalue weighted by molar-refractivity contribution is 0.624. The van der Waals surface area contributed by atoms with E-state index in [9.17, 15) is 0 Å². The van der Waals surface area contributed by atoms with E-state index in [1.165, 1.54) is 51.4 Å². The fourth-order valence-electron chi connectivity index (χ4n) is 0.854. The van der Waals surface area contributed by atoms with Crippen LogP contribution in [-0.2, 0) is 0 Å². The summed E-state index contributed by atoms with van der Waals surface area (Å²) in [5.74, 6) is 0. The van der Waals surface area contributed by atoms with Crippen LogP contribution in [0.4, 0.5) is 0 Å². The highest BCUT2D eigenvalue weighted by Gasteiger charge is 1.83. The Balaban J connectivity index is -0.0000000348. The minimum atomic E-state index is 1.32. The lowest BCUT2D eigenvalue weighted by Gasteiger charge is -1.93. The quantitative estimate of drug-likeness (QED) is 0.428. The van der Waals surface area contributed by atoms with Crippen LogP contribution in [0.5, 0.6) is 0 Å². The van der Waals surface area contributed by atoms with Crippen molar-refractivity contribution in [2.45, 2.75) is 134 Å². The van der Waals surface area contributed by atoms with E-state index >= 15 is 0 Å². The smallest absolute Gasteiger partial charge is 0.0533 e. The second kappa shape index (κ2) is 96.2. The predicted molar refractivity (Wildman–Crippen MR) is 105 cm³/mol. The molecule has 0 spiro atoms. The van der Waals surface area contributed by atoms with E-state index in [1.807, 2.05) is 55.4 Å². The second-order valence-electron chi connectivity index (χ2n) is 3.41. The average molecular weight is 293 g/mol. The minimum Gasteiger partial charge on any atom is -0.0683 e. The van der Waals surface area contributed by atoms with Gasteiger partial charge in [-0.25, -0.2) is 0 Å². The Bertz CT molecular complexity index is 40.0. The maximum absolute atomic E-state index is 2.26. The highest BCUT2D eigenvalue weighted by atomic mass is 13.9. The van der Waals surface area contributed by atoms with Gasteiger partial charge in [-0.3, -0.25) is 0 Å². The Morgan fingerprint density at radius 1 is 0.300 bits per heavy atom. The topological polar surface area (TPSA) is 0 Å². The molecule has 0 saturated carbocycles. The third-order valence-electron chi connectivity index (χ3n) is 1.96. The minimum absolute atomic E-state index is 1.32. The van der Waals surface area contributed by atoms with Crippen LogP contribution in [0.2, 0.25) is 0 Å². The molecule has 132 valence electrons. The Hall–Kier alpha value is 0. The van der Waals surface area contributed by atoms with Gasteiger partial charge < -0.3 is 0 Å². The van der Waals surface area contributed by atoms with Gasteiger partial charge in [-0.1, -0.05) is 134 Å². The fraction of sp³-hybridized carbons (Fsp3) is 1.00. The molecule has 0 aliphatic heterocycles. The van der Waals surface area contributed by atoms with E-state index in [2.05, 4.69) is 27.7 Å². The Morgan fingerprint density at radius 2 is 0.500 bits per heavy atom. The van der Waals surface area contributed by atoms with Crippen molar-refractivity contribution in [3.8, 4) is 0 Å². The molecule has 0 N–H and O–H groups in total. The first-order valence-electron chi connectivity index (χ1n) is 9.83. The van der Waals surface area contributed by atoms with Crippen LogP contribution in [-0.4, -0.2) is 0 Å². The van der Waals surface area contributed by atoms with E-state index < -0.39 is 0 Å². The summed E-state index contributed by atoms with van der Waals surface area (Å²) in [6.07, 6.45) is 11.1. The first-order valence-corrected chi connectivity index (χ1v) is 9.83. The average Bonchev–Trinajstić information content (AvgIpc) is 2.59. The summed E-state index contributed by atoms with van der Waals surface area (Å²) >= 11 is 0. The van der Waals surface area contributed by atoms with Gasteiger partial charge in [0, 0.05) is 0 Å². The molecule has 0 radical (unpaired) electrons. The van der Waals surface area contributed by atoms with Gasteiger partial charge in [0.2, 0.25) is 0 Å². The highest BCUT2D eigenvalue weighted by Crippen LogP contribution is 2.03. The van der Waals surface area contributed by atoms with Crippen LogP contribution in [0.1, 0.15) is 134 Å². The second-order valence-corrected chi connectivity index (χ2v) is 3.41. The molecule has 0 aliphatic carbocycles. The van der Waals surface area contributed by atoms with Gasteiger partial charge in [-0.15, -0.1) is 0 Å². The zero-order chi connectivity index (χ0) is 17.7. The molecule has 0 heteroatoms. The van der Waals surface area contributed by atoms with Crippen LogP contribution in [0, 0.1) is 0 Å². The maximum Gasteiger partial charge on any atom is -0.0533 e. The summed E-state index contributed by atoms with van der Waals surface area (Å²) in [7, 11) is 0. The lowest BCUT2D eigenvalue weighted by Crippen LogP contribution is -1.73. The normalized spacial score (nSPS) is 6.60.